The highest BCUT2D eigenvalue weighted by atomic mass is 16.5. The number of phenols is 1. The van der Waals surface area contributed by atoms with Crippen molar-refractivity contribution in [2.24, 2.45) is 0 Å². The summed E-state index contributed by atoms with van der Waals surface area (Å²) < 4.78 is 6.22. The van der Waals surface area contributed by atoms with Crippen LogP contribution in [-0.4, -0.2) is 40.4 Å². The van der Waals surface area contributed by atoms with E-state index in [1.807, 2.05) is 31.3 Å². The maximum atomic E-state index is 13.4. The number of ether oxygens (including phenoxy) is 1. The Kier molecular flexibility index (Phi) is 7.28. The van der Waals surface area contributed by atoms with Gasteiger partial charge >= 0.3 is 0 Å². The van der Waals surface area contributed by atoms with Crippen molar-refractivity contribution in [1.82, 2.24) is 9.88 Å². The zero-order chi connectivity index (χ0) is 25.9. The van der Waals surface area contributed by atoms with E-state index in [0.29, 0.717) is 29.2 Å². The van der Waals surface area contributed by atoms with E-state index in [1.165, 1.54) is 5.56 Å². The fourth-order valence-electron chi connectivity index (χ4n) is 5.59. The largest absolute Gasteiger partial charge is 0.507 e. The molecule has 0 spiro atoms. The number of benzene rings is 2. The van der Waals surface area contributed by atoms with Crippen molar-refractivity contribution < 1.29 is 14.6 Å². The molecule has 1 saturated heterocycles. The Hall–Kier alpha value is -3.64. The standard InChI is InChI=1S/C31H35N3O3/c1-4-33(5-2)24-13-11-22(12-14-24)18-28-30(36)29-21(3)17-27(35)25(31(29)37-28)20-34-16-7-6-10-26(34)23-9-8-15-32-19-23/h8-9,11-15,17-19,26,35H,4-7,10,16,20H2,1-3H3/b28-18-/t26-/m0/s1. The molecule has 0 aliphatic carbocycles. The molecule has 0 amide bonds. The summed E-state index contributed by atoms with van der Waals surface area (Å²) in [5, 5.41) is 11.0. The number of piperidine rings is 1. The zero-order valence-electron chi connectivity index (χ0n) is 21.9. The lowest BCUT2D eigenvalue weighted by Crippen LogP contribution is -2.33. The maximum absolute atomic E-state index is 13.4. The van der Waals surface area contributed by atoms with Gasteiger partial charge in [-0.05, 0) is 87.2 Å². The van der Waals surface area contributed by atoms with Gasteiger partial charge in [-0.15, -0.1) is 0 Å². The second-order valence-electron chi connectivity index (χ2n) is 9.87. The van der Waals surface area contributed by atoms with Crippen LogP contribution in [0.4, 0.5) is 5.69 Å². The highest BCUT2D eigenvalue weighted by Gasteiger charge is 2.35. The number of pyridine rings is 1. The van der Waals surface area contributed by atoms with Crippen LogP contribution in [0, 0.1) is 6.92 Å². The zero-order valence-corrected chi connectivity index (χ0v) is 21.9. The number of aromatic nitrogens is 1. The van der Waals surface area contributed by atoms with Crippen molar-refractivity contribution >= 4 is 17.5 Å². The molecule has 1 N–H and O–H groups in total. The van der Waals surface area contributed by atoms with Crippen molar-refractivity contribution in [1.29, 1.82) is 0 Å². The van der Waals surface area contributed by atoms with Crippen molar-refractivity contribution in [3.05, 3.63) is 88.4 Å². The summed E-state index contributed by atoms with van der Waals surface area (Å²) in [6.45, 7) is 9.44. The van der Waals surface area contributed by atoms with Crippen LogP contribution in [0.2, 0.25) is 0 Å². The summed E-state index contributed by atoms with van der Waals surface area (Å²) in [5.74, 6) is 0.820. The third-order valence-electron chi connectivity index (χ3n) is 7.58. The van der Waals surface area contributed by atoms with Gasteiger partial charge in [-0.1, -0.05) is 24.6 Å². The SMILES string of the molecule is CCN(CC)c1ccc(/C=C2\Oc3c(CN4CCCC[C@H]4c4cccnc4)c(O)cc(C)c3C2=O)cc1. The van der Waals surface area contributed by atoms with Gasteiger partial charge in [-0.2, -0.15) is 0 Å². The molecule has 37 heavy (non-hydrogen) atoms. The number of rotatable bonds is 7. The minimum Gasteiger partial charge on any atom is -0.507 e. The lowest BCUT2D eigenvalue weighted by molar-refractivity contribution is 0.101. The summed E-state index contributed by atoms with van der Waals surface area (Å²) in [7, 11) is 0. The molecular weight excluding hydrogens is 462 g/mol. The number of phenolic OH excluding ortho intramolecular Hbond substituents is 1. The first kappa shape index (κ1) is 25.0. The van der Waals surface area contributed by atoms with E-state index in [4.69, 9.17) is 4.74 Å². The molecule has 0 unspecified atom stereocenters. The summed E-state index contributed by atoms with van der Waals surface area (Å²) in [5.41, 5.74) is 5.18. The first-order valence-corrected chi connectivity index (χ1v) is 13.3. The smallest absolute Gasteiger partial charge is 0.232 e. The molecule has 1 aromatic heterocycles. The molecule has 3 heterocycles. The lowest BCUT2D eigenvalue weighted by Gasteiger charge is -2.36. The number of ketones is 1. The Bertz CT molecular complexity index is 1300. The van der Waals surface area contributed by atoms with Gasteiger partial charge in [0.1, 0.15) is 11.5 Å². The number of likely N-dealkylation sites (tertiary alicyclic amines) is 1. The number of aryl methyl sites for hydroxylation is 1. The Morgan fingerprint density at radius 1 is 1.16 bits per heavy atom. The average molecular weight is 498 g/mol. The molecule has 6 heteroatoms. The van der Waals surface area contributed by atoms with Crippen molar-refractivity contribution in [3.63, 3.8) is 0 Å². The summed E-state index contributed by atoms with van der Waals surface area (Å²) in [6.07, 6.45) is 8.81. The van der Waals surface area contributed by atoms with Gasteiger partial charge in [0.25, 0.3) is 0 Å². The molecule has 3 aromatic rings. The van der Waals surface area contributed by atoms with Crippen LogP contribution in [0.15, 0.2) is 60.6 Å². The van der Waals surface area contributed by atoms with Gasteiger partial charge in [0, 0.05) is 43.8 Å². The van der Waals surface area contributed by atoms with Gasteiger partial charge in [-0.3, -0.25) is 14.7 Å². The topological polar surface area (TPSA) is 65.9 Å². The number of hydrogen-bond acceptors (Lipinski definition) is 6. The van der Waals surface area contributed by atoms with Gasteiger partial charge in [0.15, 0.2) is 5.76 Å². The van der Waals surface area contributed by atoms with Crippen LogP contribution < -0.4 is 9.64 Å². The molecule has 6 nitrogen and oxygen atoms in total. The summed E-state index contributed by atoms with van der Waals surface area (Å²) in [6, 6.07) is 14.2. The molecule has 0 radical (unpaired) electrons. The normalized spacial score (nSPS) is 18.6. The summed E-state index contributed by atoms with van der Waals surface area (Å²) in [4.78, 5) is 22.4. The van der Waals surface area contributed by atoms with E-state index in [0.717, 1.165) is 55.7 Å². The van der Waals surface area contributed by atoms with Crippen molar-refractivity contribution in [2.45, 2.75) is 52.6 Å². The second-order valence-corrected chi connectivity index (χ2v) is 9.87. The van der Waals surface area contributed by atoms with E-state index in [2.05, 4.69) is 46.8 Å². The van der Waals surface area contributed by atoms with Crippen LogP contribution in [0.25, 0.3) is 6.08 Å². The van der Waals surface area contributed by atoms with Gasteiger partial charge in [-0.25, -0.2) is 0 Å². The minimum absolute atomic E-state index is 0.135. The Labute approximate surface area is 219 Å². The van der Waals surface area contributed by atoms with E-state index in [-0.39, 0.29) is 17.6 Å². The molecule has 192 valence electrons. The van der Waals surface area contributed by atoms with E-state index >= 15 is 0 Å². The lowest BCUT2D eigenvalue weighted by atomic mass is 9.94. The highest BCUT2D eigenvalue weighted by molar-refractivity contribution is 6.15. The first-order chi connectivity index (χ1) is 18.0. The Morgan fingerprint density at radius 2 is 1.95 bits per heavy atom. The maximum Gasteiger partial charge on any atom is 0.232 e. The van der Waals surface area contributed by atoms with Gasteiger partial charge in [0.05, 0.1) is 11.1 Å². The molecule has 5 rings (SSSR count). The number of carbonyl (C=O) groups excluding carboxylic acids is 1. The van der Waals surface area contributed by atoms with Crippen LogP contribution >= 0.6 is 0 Å². The number of allylic oxidation sites excluding steroid dienone is 1. The third-order valence-corrected chi connectivity index (χ3v) is 7.58. The van der Waals surface area contributed by atoms with E-state index < -0.39 is 0 Å². The van der Waals surface area contributed by atoms with Crippen LogP contribution in [0.3, 0.4) is 0 Å². The molecule has 0 saturated carbocycles. The number of aromatic hydroxyl groups is 1. The minimum atomic E-state index is -0.135. The molecule has 1 fully saturated rings. The second kappa shape index (κ2) is 10.8. The highest BCUT2D eigenvalue weighted by Crippen LogP contribution is 2.44. The Morgan fingerprint density at radius 3 is 2.65 bits per heavy atom. The predicted molar refractivity (Wildman–Crippen MR) is 147 cm³/mol. The molecule has 2 aliphatic heterocycles. The molecule has 0 bridgehead atoms. The number of anilines is 1. The predicted octanol–water partition coefficient (Wildman–Crippen LogP) is 6.29. The number of Topliss-reactive ketones (excluding diaryl/α,β-unsaturated/α-hetero) is 1. The monoisotopic (exact) mass is 497 g/mol. The number of carbonyl (C=O) groups is 1. The fraction of sp³-hybridized carbons (Fsp3) is 0.355. The van der Waals surface area contributed by atoms with Crippen LogP contribution in [0.5, 0.6) is 11.5 Å². The molecule has 2 aromatic carbocycles. The number of nitrogens with zero attached hydrogens (tertiary/aromatic N) is 3. The van der Waals surface area contributed by atoms with E-state index in [9.17, 15) is 9.90 Å². The Balaban J connectivity index is 1.44. The first-order valence-electron chi connectivity index (χ1n) is 13.3. The fourth-order valence-corrected chi connectivity index (χ4v) is 5.59. The quantitative estimate of drug-likeness (QED) is 0.387. The number of fused-ring (bicyclic) bond motifs is 1. The van der Waals surface area contributed by atoms with Crippen LogP contribution in [-0.2, 0) is 6.54 Å². The molecule has 2 aliphatic rings. The summed E-state index contributed by atoms with van der Waals surface area (Å²) >= 11 is 0. The van der Waals surface area contributed by atoms with Crippen LogP contribution in [0.1, 0.15) is 71.8 Å². The van der Waals surface area contributed by atoms with E-state index in [1.54, 1.807) is 18.3 Å². The average Bonchev–Trinajstić information content (AvgIpc) is 3.25. The molecular formula is C31H35N3O3. The number of hydrogen-bond donors (Lipinski definition) is 1. The third kappa shape index (κ3) is 4.98. The van der Waals surface area contributed by atoms with Gasteiger partial charge < -0.3 is 14.7 Å². The van der Waals surface area contributed by atoms with Crippen molar-refractivity contribution in [2.75, 3.05) is 24.5 Å². The van der Waals surface area contributed by atoms with Crippen molar-refractivity contribution in [3.8, 4) is 11.5 Å². The molecule has 1 atom stereocenters. The van der Waals surface area contributed by atoms with Gasteiger partial charge in [0.2, 0.25) is 5.78 Å².